The van der Waals surface area contributed by atoms with Gasteiger partial charge in [0.15, 0.2) is 5.72 Å². The zero-order chi connectivity index (χ0) is 22.9. The normalized spacial score (nSPS) is 30.1. The number of nitrogens with zero attached hydrogens (tertiary/aromatic N) is 2. The first-order chi connectivity index (χ1) is 16.5. The van der Waals surface area contributed by atoms with Crippen molar-refractivity contribution in [1.29, 1.82) is 0 Å². The van der Waals surface area contributed by atoms with Crippen LogP contribution >= 0.6 is 0 Å². The molecule has 34 heavy (non-hydrogen) atoms. The van der Waals surface area contributed by atoms with Crippen molar-refractivity contribution < 1.29 is 14.6 Å². The molecule has 0 saturated carbocycles. The van der Waals surface area contributed by atoms with Crippen molar-refractivity contribution in [2.24, 2.45) is 5.92 Å². The lowest BCUT2D eigenvalue weighted by Gasteiger charge is -2.47. The fourth-order valence-corrected chi connectivity index (χ4v) is 7.52. The molecule has 3 aliphatic heterocycles. The summed E-state index contributed by atoms with van der Waals surface area (Å²) >= 11 is 0. The number of nitrogens with one attached hydrogen (secondary N) is 1. The van der Waals surface area contributed by atoms with E-state index in [4.69, 9.17) is 9.47 Å². The molecule has 0 amide bonds. The van der Waals surface area contributed by atoms with Crippen LogP contribution in [0.4, 0.5) is 0 Å². The molecule has 2 aromatic heterocycles. The zero-order valence-corrected chi connectivity index (χ0v) is 19.5. The topological polar surface area (TPSA) is 60.6 Å². The van der Waals surface area contributed by atoms with E-state index in [9.17, 15) is 5.11 Å². The highest BCUT2D eigenvalue weighted by molar-refractivity contribution is 6.25. The lowest BCUT2D eigenvalue weighted by Crippen LogP contribution is -2.53. The number of aliphatic hydroxyl groups excluding tert-OH is 1. The predicted molar refractivity (Wildman–Crippen MR) is 133 cm³/mol. The number of ether oxygens (including phenoxy) is 2. The molecule has 5 heterocycles. The third-order valence-electron chi connectivity index (χ3n) is 8.63. The Bertz CT molecular complexity index is 1680. The van der Waals surface area contributed by atoms with Crippen molar-refractivity contribution in [3.05, 3.63) is 59.7 Å². The standard InChI is InChI=1S/C28H27N3O3/c1-14-12-20-30-18-10-6-4-8-15(18)22-23-17(13-29-27(23)32)21-16-9-5-7-11-19(16)31(25(21)24(22)30)28(2,34-20)26(14)33-3/h4-11,14,20,26-27,29,32H,12-13H2,1-3H3/t14-,20+,26-,27+,28-/m0/s1. The number of para-hydroxylation sites is 2. The summed E-state index contributed by atoms with van der Waals surface area (Å²) in [4.78, 5) is 0. The van der Waals surface area contributed by atoms with Crippen LogP contribution in [-0.2, 0) is 21.7 Å². The number of methoxy groups -OCH3 is 1. The van der Waals surface area contributed by atoms with Gasteiger partial charge >= 0.3 is 0 Å². The monoisotopic (exact) mass is 453 g/mol. The minimum atomic E-state index is -0.689. The average molecular weight is 454 g/mol. The highest BCUT2D eigenvalue weighted by Crippen LogP contribution is 2.55. The second-order valence-electron chi connectivity index (χ2n) is 10.4. The molecule has 172 valence electrons. The quantitative estimate of drug-likeness (QED) is 0.364. The Labute approximate surface area is 196 Å². The Morgan fingerprint density at radius 1 is 1.03 bits per heavy atom. The molecule has 6 nitrogen and oxygen atoms in total. The van der Waals surface area contributed by atoms with Crippen molar-refractivity contribution in [3.8, 4) is 0 Å². The summed E-state index contributed by atoms with van der Waals surface area (Å²) in [6.07, 6.45) is -0.0410. The van der Waals surface area contributed by atoms with Crippen molar-refractivity contribution in [2.45, 2.75) is 51.1 Å². The number of benzene rings is 3. The number of rotatable bonds is 1. The molecule has 0 spiro atoms. The third kappa shape index (κ3) is 2.00. The first kappa shape index (κ1) is 19.4. The summed E-state index contributed by atoms with van der Waals surface area (Å²) in [7, 11) is 1.80. The van der Waals surface area contributed by atoms with Crippen molar-refractivity contribution >= 4 is 43.6 Å². The van der Waals surface area contributed by atoms with Crippen LogP contribution in [0.25, 0.3) is 43.6 Å². The molecular weight excluding hydrogens is 426 g/mol. The fourth-order valence-electron chi connectivity index (χ4n) is 7.52. The smallest absolute Gasteiger partial charge is 0.171 e. The van der Waals surface area contributed by atoms with E-state index >= 15 is 0 Å². The van der Waals surface area contributed by atoms with E-state index in [0.717, 1.165) is 33.9 Å². The molecule has 5 aromatic rings. The van der Waals surface area contributed by atoms with E-state index in [1.807, 2.05) is 0 Å². The molecular formula is C28H27N3O3. The lowest BCUT2D eigenvalue weighted by atomic mass is 9.88. The van der Waals surface area contributed by atoms with E-state index in [-0.39, 0.29) is 12.3 Å². The SMILES string of the molecule is CO[C@H]1[C@@H](C)C[C@H]2O[C@]1(C)n1c3ccccc3c3c4c(c5c6ccccc6n2c5c31)[C@@H](O)NC4. The molecule has 3 aromatic carbocycles. The molecule has 0 unspecified atom stereocenters. The van der Waals surface area contributed by atoms with E-state index in [0.29, 0.717) is 12.5 Å². The Balaban J connectivity index is 1.74. The Hall–Kier alpha value is -2.90. The Kier molecular flexibility index (Phi) is 3.54. The van der Waals surface area contributed by atoms with E-state index in [1.54, 1.807) is 7.11 Å². The van der Waals surface area contributed by atoms with Gasteiger partial charge in [-0.15, -0.1) is 0 Å². The molecule has 1 saturated heterocycles. The maximum Gasteiger partial charge on any atom is 0.171 e. The minimum absolute atomic E-state index is 0.0920. The van der Waals surface area contributed by atoms with Gasteiger partial charge < -0.3 is 23.7 Å². The summed E-state index contributed by atoms with van der Waals surface area (Å²) in [6, 6.07) is 17.2. The van der Waals surface area contributed by atoms with Crippen LogP contribution in [0.15, 0.2) is 48.5 Å². The van der Waals surface area contributed by atoms with Gasteiger partial charge in [0.05, 0.1) is 22.1 Å². The van der Waals surface area contributed by atoms with Gasteiger partial charge in [-0.05, 0) is 37.0 Å². The maximum atomic E-state index is 11.2. The fraction of sp³-hybridized carbons (Fsp3) is 0.357. The summed E-state index contributed by atoms with van der Waals surface area (Å²) in [5, 5.41) is 19.2. The van der Waals surface area contributed by atoms with Crippen molar-refractivity contribution in [1.82, 2.24) is 14.5 Å². The zero-order valence-electron chi connectivity index (χ0n) is 19.5. The van der Waals surface area contributed by atoms with Crippen LogP contribution in [0.1, 0.15) is 43.9 Å². The largest absolute Gasteiger partial charge is 0.376 e. The first-order valence-electron chi connectivity index (χ1n) is 12.2. The van der Waals surface area contributed by atoms with Gasteiger partial charge in [0.1, 0.15) is 18.6 Å². The van der Waals surface area contributed by atoms with Crippen molar-refractivity contribution in [2.75, 3.05) is 7.11 Å². The maximum absolute atomic E-state index is 11.2. The molecule has 2 N–H and O–H groups in total. The van der Waals surface area contributed by atoms with Crippen LogP contribution in [0.5, 0.6) is 0 Å². The van der Waals surface area contributed by atoms with Crippen LogP contribution in [-0.4, -0.2) is 27.5 Å². The molecule has 0 aliphatic carbocycles. The highest BCUT2D eigenvalue weighted by Gasteiger charge is 2.52. The Morgan fingerprint density at radius 3 is 2.50 bits per heavy atom. The molecule has 5 atom stereocenters. The highest BCUT2D eigenvalue weighted by atomic mass is 16.6. The second-order valence-corrected chi connectivity index (χ2v) is 10.4. The number of fused-ring (bicyclic) bond motifs is 13. The number of aromatic nitrogens is 2. The summed E-state index contributed by atoms with van der Waals surface area (Å²) in [5.74, 6) is 0.301. The molecule has 0 radical (unpaired) electrons. The summed E-state index contributed by atoms with van der Waals surface area (Å²) in [6.45, 7) is 5.11. The average Bonchev–Trinajstić information content (AvgIpc) is 3.46. The van der Waals surface area contributed by atoms with Gasteiger partial charge in [-0.3, -0.25) is 5.32 Å². The minimum Gasteiger partial charge on any atom is -0.376 e. The molecule has 2 bridgehead atoms. The van der Waals surface area contributed by atoms with Gasteiger partial charge in [-0.1, -0.05) is 43.3 Å². The summed E-state index contributed by atoms with van der Waals surface area (Å²) < 4.78 is 18.1. The van der Waals surface area contributed by atoms with E-state index < -0.39 is 12.0 Å². The predicted octanol–water partition coefficient (Wildman–Crippen LogP) is 5.25. The van der Waals surface area contributed by atoms with E-state index in [1.165, 1.54) is 27.2 Å². The molecule has 6 heteroatoms. The first-order valence-corrected chi connectivity index (χ1v) is 12.2. The molecule has 3 aliphatic rings. The second kappa shape index (κ2) is 6.20. The molecule has 1 fully saturated rings. The summed E-state index contributed by atoms with van der Waals surface area (Å²) in [5.41, 5.74) is 6.16. The van der Waals surface area contributed by atoms with Crippen LogP contribution in [0.2, 0.25) is 0 Å². The van der Waals surface area contributed by atoms with Gasteiger partial charge in [0.2, 0.25) is 0 Å². The number of hydrogen-bond donors (Lipinski definition) is 2. The number of aliphatic hydroxyl groups is 1. The van der Waals surface area contributed by atoms with E-state index in [2.05, 4.69) is 76.8 Å². The van der Waals surface area contributed by atoms with Gasteiger partial charge in [-0.2, -0.15) is 0 Å². The van der Waals surface area contributed by atoms with Gasteiger partial charge in [0.25, 0.3) is 0 Å². The number of hydrogen-bond acceptors (Lipinski definition) is 4. The van der Waals surface area contributed by atoms with Gasteiger partial charge in [0, 0.05) is 40.8 Å². The van der Waals surface area contributed by atoms with Crippen LogP contribution in [0, 0.1) is 5.92 Å². The van der Waals surface area contributed by atoms with Gasteiger partial charge in [-0.25, -0.2) is 0 Å². The van der Waals surface area contributed by atoms with Crippen LogP contribution < -0.4 is 5.32 Å². The van der Waals surface area contributed by atoms with Crippen LogP contribution in [0.3, 0.4) is 0 Å². The lowest BCUT2D eigenvalue weighted by molar-refractivity contribution is -0.264. The van der Waals surface area contributed by atoms with Crippen molar-refractivity contribution in [3.63, 3.8) is 0 Å². The Morgan fingerprint density at radius 2 is 1.74 bits per heavy atom. The third-order valence-corrected chi connectivity index (χ3v) is 8.63. The molecule has 8 rings (SSSR count).